The minimum absolute atomic E-state index is 0.131. The number of carbonyl (C=O) groups is 1. The van der Waals surface area contributed by atoms with Gasteiger partial charge in [0.05, 0.1) is 5.56 Å². The third-order valence-electron chi connectivity index (χ3n) is 3.78. The summed E-state index contributed by atoms with van der Waals surface area (Å²) in [5.74, 6) is -0.769. The van der Waals surface area contributed by atoms with Crippen molar-refractivity contribution in [2.75, 3.05) is 26.2 Å². The molecular weight excluding hydrogens is 255 g/mol. The molecule has 1 amide bonds. The van der Waals surface area contributed by atoms with Crippen LogP contribution in [0.3, 0.4) is 0 Å². The van der Waals surface area contributed by atoms with Crippen LogP contribution in [0.4, 0.5) is 4.39 Å². The molecule has 0 spiro atoms. The average molecular weight is 278 g/mol. The van der Waals surface area contributed by atoms with Crippen molar-refractivity contribution in [3.05, 3.63) is 35.1 Å². The Morgan fingerprint density at radius 1 is 1.25 bits per heavy atom. The van der Waals surface area contributed by atoms with Crippen molar-refractivity contribution in [2.24, 2.45) is 0 Å². The second-order valence-corrected chi connectivity index (χ2v) is 5.50. The molecule has 0 aromatic heterocycles. The summed E-state index contributed by atoms with van der Waals surface area (Å²) in [5, 5.41) is 2.81. The molecule has 0 atom stereocenters. The number of carbonyl (C=O) groups excluding carboxylic acids is 1. The third kappa shape index (κ3) is 4.30. The van der Waals surface area contributed by atoms with Crippen molar-refractivity contribution in [2.45, 2.75) is 32.6 Å². The molecule has 3 nitrogen and oxygen atoms in total. The molecule has 0 saturated carbocycles. The van der Waals surface area contributed by atoms with E-state index in [9.17, 15) is 9.18 Å². The summed E-state index contributed by atoms with van der Waals surface area (Å²) in [7, 11) is 0. The second-order valence-electron chi connectivity index (χ2n) is 5.50. The summed E-state index contributed by atoms with van der Waals surface area (Å²) in [4.78, 5) is 14.3. The molecule has 0 aliphatic carbocycles. The van der Waals surface area contributed by atoms with Crippen LogP contribution in [0.15, 0.2) is 18.2 Å². The lowest BCUT2D eigenvalue weighted by Gasteiger charge is -2.19. The number of likely N-dealkylation sites (tertiary alicyclic amines) is 1. The number of amides is 1. The van der Waals surface area contributed by atoms with Crippen molar-refractivity contribution < 1.29 is 9.18 Å². The van der Waals surface area contributed by atoms with Crippen molar-refractivity contribution in [1.82, 2.24) is 10.2 Å². The summed E-state index contributed by atoms with van der Waals surface area (Å²) in [6, 6.07) is 4.70. The first-order valence-electron chi connectivity index (χ1n) is 7.43. The summed E-state index contributed by atoms with van der Waals surface area (Å²) in [6.45, 7) is 5.44. The zero-order valence-corrected chi connectivity index (χ0v) is 12.1. The van der Waals surface area contributed by atoms with Gasteiger partial charge in [0.2, 0.25) is 0 Å². The zero-order chi connectivity index (χ0) is 14.4. The standard InChI is InChI=1S/C16H23FN2O/c1-13-6-7-14(15(17)12-13)16(20)18-8-11-19-9-4-2-3-5-10-19/h6-7,12H,2-5,8-11H2,1H3,(H,18,20). The number of hydrogen-bond acceptors (Lipinski definition) is 2. The van der Waals surface area contributed by atoms with Crippen LogP contribution in [0, 0.1) is 12.7 Å². The van der Waals surface area contributed by atoms with Gasteiger partial charge in [-0.05, 0) is 50.6 Å². The molecule has 0 radical (unpaired) electrons. The Morgan fingerprint density at radius 3 is 2.60 bits per heavy atom. The fourth-order valence-corrected chi connectivity index (χ4v) is 2.59. The Labute approximate surface area is 120 Å². The average Bonchev–Trinajstić information content (AvgIpc) is 2.67. The maximum absolute atomic E-state index is 13.7. The predicted octanol–water partition coefficient (Wildman–Crippen LogP) is 2.74. The van der Waals surface area contributed by atoms with Gasteiger partial charge >= 0.3 is 0 Å². The van der Waals surface area contributed by atoms with Gasteiger partial charge in [-0.25, -0.2) is 4.39 Å². The van der Waals surface area contributed by atoms with Crippen LogP contribution in [0.5, 0.6) is 0 Å². The van der Waals surface area contributed by atoms with E-state index in [0.29, 0.717) is 6.54 Å². The van der Waals surface area contributed by atoms with Crippen LogP contribution in [0.25, 0.3) is 0 Å². The summed E-state index contributed by atoms with van der Waals surface area (Å²) < 4.78 is 13.7. The number of aryl methyl sites for hydroxylation is 1. The van der Waals surface area contributed by atoms with Gasteiger partial charge in [0.1, 0.15) is 5.82 Å². The third-order valence-corrected chi connectivity index (χ3v) is 3.78. The van der Waals surface area contributed by atoms with Crippen LogP contribution in [0.1, 0.15) is 41.6 Å². The highest BCUT2D eigenvalue weighted by atomic mass is 19.1. The lowest BCUT2D eigenvalue weighted by Crippen LogP contribution is -2.35. The number of nitrogens with zero attached hydrogens (tertiary/aromatic N) is 1. The number of hydrogen-bond donors (Lipinski definition) is 1. The topological polar surface area (TPSA) is 32.3 Å². The molecule has 1 N–H and O–H groups in total. The molecule has 20 heavy (non-hydrogen) atoms. The van der Waals surface area contributed by atoms with E-state index >= 15 is 0 Å². The van der Waals surface area contributed by atoms with Crippen molar-refractivity contribution in [3.8, 4) is 0 Å². The van der Waals surface area contributed by atoms with Gasteiger partial charge in [-0.1, -0.05) is 18.9 Å². The molecule has 0 unspecified atom stereocenters. The van der Waals surface area contributed by atoms with Gasteiger partial charge in [-0.3, -0.25) is 4.79 Å². The smallest absolute Gasteiger partial charge is 0.254 e. The molecule has 1 aliphatic heterocycles. The lowest BCUT2D eigenvalue weighted by atomic mass is 10.1. The van der Waals surface area contributed by atoms with Crippen LogP contribution in [-0.2, 0) is 0 Å². The molecule has 1 aromatic rings. The normalized spacial score (nSPS) is 16.7. The van der Waals surface area contributed by atoms with Gasteiger partial charge in [-0.2, -0.15) is 0 Å². The van der Waals surface area contributed by atoms with Gasteiger partial charge in [0.25, 0.3) is 5.91 Å². The largest absolute Gasteiger partial charge is 0.351 e. The lowest BCUT2D eigenvalue weighted by molar-refractivity contribution is 0.0944. The van der Waals surface area contributed by atoms with E-state index in [1.807, 2.05) is 6.92 Å². The monoisotopic (exact) mass is 278 g/mol. The SMILES string of the molecule is Cc1ccc(C(=O)NCCN2CCCCCC2)c(F)c1. The maximum Gasteiger partial charge on any atom is 0.254 e. The molecule has 1 heterocycles. The highest BCUT2D eigenvalue weighted by Crippen LogP contribution is 2.10. The Hall–Kier alpha value is -1.42. The van der Waals surface area contributed by atoms with Gasteiger partial charge < -0.3 is 10.2 Å². The van der Waals surface area contributed by atoms with Gasteiger partial charge in [0, 0.05) is 13.1 Å². The van der Waals surface area contributed by atoms with Crippen LogP contribution < -0.4 is 5.32 Å². The minimum atomic E-state index is -0.447. The summed E-state index contributed by atoms with van der Waals surface area (Å²) in [6.07, 6.45) is 5.08. The van der Waals surface area contributed by atoms with Crippen LogP contribution in [-0.4, -0.2) is 37.0 Å². The van der Waals surface area contributed by atoms with Crippen LogP contribution >= 0.6 is 0 Å². The molecule has 2 rings (SSSR count). The Kier molecular flexibility index (Phi) is 5.53. The number of nitrogens with one attached hydrogen (secondary N) is 1. The zero-order valence-electron chi connectivity index (χ0n) is 12.1. The van der Waals surface area contributed by atoms with E-state index in [1.54, 1.807) is 12.1 Å². The van der Waals surface area contributed by atoms with E-state index in [0.717, 1.165) is 25.2 Å². The van der Waals surface area contributed by atoms with Crippen LogP contribution in [0.2, 0.25) is 0 Å². The van der Waals surface area contributed by atoms with E-state index in [-0.39, 0.29) is 11.5 Å². The highest BCUT2D eigenvalue weighted by Gasteiger charge is 2.12. The van der Waals surface area contributed by atoms with E-state index in [1.165, 1.54) is 31.7 Å². The van der Waals surface area contributed by atoms with E-state index < -0.39 is 5.82 Å². The second kappa shape index (κ2) is 7.39. The molecule has 110 valence electrons. The fourth-order valence-electron chi connectivity index (χ4n) is 2.59. The molecule has 1 aromatic carbocycles. The predicted molar refractivity (Wildman–Crippen MR) is 78.4 cm³/mol. The van der Waals surface area contributed by atoms with E-state index in [4.69, 9.17) is 0 Å². The van der Waals surface area contributed by atoms with Crippen molar-refractivity contribution in [3.63, 3.8) is 0 Å². The molecular formula is C16H23FN2O. The Morgan fingerprint density at radius 2 is 1.95 bits per heavy atom. The number of rotatable bonds is 4. The number of halogens is 1. The molecule has 1 aliphatic rings. The Balaban J connectivity index is 1.79. The first-order chi connectivity index (χ1) is 9.66. The number of benzene rings is 1. The molecule has 1 saturated heterocycles. The first-order valence-corrected chi connectivity index (χ1v) is 7.43. The summed E-state index contributed by atoms with van der Waals surface area (Å²) >= 11 is 0. The fraction of sp³-hybridized carbons (Fsp3) is 0.562. The first kappa shape index (κ1) is 15.0. The summed E-state index contributed by atoms with van der Waals surface area (Å²) in [5.41, 5.74) is 0.954. The van der Waals surface area contributed by atoms with Gasteiger partial charge in [-0.15, -0.1) is 0 Å². The quantitative estimate of drug-likeness (QED) is 0.918. The van der Waals surface area contributed by atoms with Gasteiger partial charge in [0.15, 0.2) is 0 Å². The maximum atomic E-state index is 13.7. The molecule has 4 heteroatoms. The van der Waals surface area contributed by atoms with E-state index in [2.05, 4.69) is 10.2 Å². The Bertz CT molecular complexity index is 454. The van der Waals surface area contributed by atoms with Crippen molar-refractivity contribution in [1.29, 1.82) is 0 Å². The molecule has 0 bridgehead atoms. The minimum Gasteiger partial charge on any atom is -0.351 e. The highest BCUT2D eigenvalue weighted by molar-refractivity contribution is 5.94. The molecule has 1 fully saturated rings. The van der Waals surface area contributed by atoms with Crippen molar-refractivity contribution >= 4 is 5.91 Å².